The molecule has 0 aliphatic carbocycles. The highest BCUT2D eigenvalue weighted by atomic mass is 19.4. The highest BCUT2D eigenvalue weighted by molar-refractivity contribution is 5.43. The van der Waals surface area contributed by atoms with E-state index in [0.29, 0.717) is 44.2 Å². The molecule has 0 unspecified atom stereocenters. The van der Waals surface area contributed by atoms with Crippen molar-refractivity contribution < 1.29 is 26.3 Å². The van der Waals surface area contributed by atoms with Crippen LogP contribution in [-0.2, 0) is 12.4 Å². The molecule has 11 heteroatoms. The van der Waals surface area contributed by atoms with Gasteiger partial charge in [-0.3, -0.25) is 0 Å². The predicted molar refractivity (Wildman–Crippen MR) is 85.3 cm³/mol. The van der Waals surface area contributed by atoms with Crippen molar-refractivity contribution in [1.82, 2.24) is 15.2 Å². The molecule has 1 aliphatic rings. The largest absolute Gasteiger partial charge is 0.435 e. The van der Waals surface area contributed by atoms with Crippen LogP contribution in [0.3, 0.4) is 0 Å². The highest BCUT2D eigenvalue weighted by Crippen LogP contribution is 2.30. The smallest absolute Gasteiger partial charge is 0.355 e. The second-order valence-corrected chi connectivity index (χ2v) is 6.01. The highest BCUT2D eigenvalue weighted by Gasteiger charge is 2.33. The molecule has 0 radical (unpaired) electrons. The average Bonchev–Trinajstić information content (AvgIpc) is 2.87. The number of rotatable bonds is 2. The summed E-state index contributed by atoms with van der Waals surface area (Å²) in [6.45, 7) is 1.98. The van der Waals surface area contributed by atoms with Gasteiger partial charge in [-0.05, 0) is 30.7 Å². The molecule has 3 rings (SSSR count). The third-order valence-electron chi connectivity index (χ3n) is 4.16. The normalized spacial score (nSPS) is 16.4. The van der Waals surface area contributed by atoms with Crippen molar-refractivity contribution >= 4 is 11.6 Å². The second kappa shape index (κ2) is 7.20. The van der Waals surface area contributed by atoms with Gasteiger partial charge in [0.05, 0.1) is 5.56 Å². The molecule has 27 heavy (non-hydrogen) atoms. The van der Waals surface area contributed by atoms with E-state index in [1.807, 2.05) is 4.90 Å². The summed E-state index contributed by atoms with van der Waals surface area (Å²) in [5.41, 5.74) is -1.88. The van der Waals surface area contributed by atoms with Crippen LogP contribution in [0.2, 0.25) is 0 Å². The fourth-order valence-electron chi connectivity index (χ4n) is 2.76. The Labute approximate surface area is 150 Å². The third kappa shape index (κ3) is 4.58. The maximum Gasteiger partial charge on any atom is 0.435 e. The first kappa shape index (κ1) is 19.2. The minimum Gasteiger partial charge on any atom is -0.355 e. The predicted octanol–water partition coefficient (Wildman–Crippen LogP) is 3.63. The molecule has 146 valence electrons. The third-order valence-corrected chi connectivity index (χ3v) is 4.16. The van der Waals surface area contributed by atoms with Gasteiger partial charge in [0.25, 0.3) is 0 Å². The average molecular weight is 391 g/mol. The van der Waals surface area contributed by atoms with E-state index < -0.39 is 23.6 Å². The van der Waals surface area contributed by atoms with Gasteiger partial charge in [-0.25, -0.2) is 4.98 Å². The molecule has 1 fully saturated rings. The lowest BCUT2D eigenvalue weighted by atomic mass is 10.2. The van der Waals surface area contributed by atoms with E-state index in [1.165, 1.54) is 12.1 Å². The van der Waals surface area contributed by atoms with Crippen molar-refractivity contribution in [1.29, 1.82) is 0 Å². The maximum atomic E-state index is 12.6. The molecule has 0 bridgehead atoms. The Hall–Kier alpha value is -2.59. The summed E-state index contributed by atoms with van der Waals surface area (Å²) in [6, 6.07) is 4.44. The molecule has 0 spiro atoms. The Morgan fingerprint density at radius 3 is 1.81 bits per heavy atom. The van der Waals surface area contributed by atoms with Crippen LogP contribution in [0.1, 0.15) is 17.7 Å². The molecule has 0 atom stereocenters. The van der Waals surface area contributed by atoms with E-state index in [1.54, 1.807) is 4.90 Å². The fraction of sp³-hybridized carbons (Fsp3) is 0.438. The molecule has 2 aromatic rings. The molecular weight excluding hydrogens is 376 g/mol. The second-order valence-electron chi connectivity index (χ2n) is 6.01. The van der Waals surface area contributed by atoms with Gasteiger partial charge in [0.15, 0.2) is 11.5 Å². The van der Waals surface area contributed by atoms with Crippen LogP contribution >= 0.6 is 0 Å². The summed E-state index contributed by atoms with van der Waals surface area (Å²) in [6.07, 6.45) is -7.55. The number of alkyl halides is 6. The SMILES string of the molecule is FC(F)(F)c1ccc(N2CCCN(c3ccc(C(F)(F)F)nn3)CC2)nc1. The molecular formula is C16H15F6N5. The zero-order valence-electron chi connectivity index (χ0n) is 13.9. The lowest BCUT2D eigenvalue weighted by Gasteiger charge is -2.23. The van der Waals surface area contributed by atoms with Crippen molar-refractivity contribution in [2.45, 2.75) is 18.8 Å². The zero-order valence-corrected chi connectivity index (χ0v) is 13.9. The first-order valence-electron chi connectivity index (χ1n) is 8.09. The number of halogens is 6. The van der Waals surface area contributed by atoms with E-state index >= 15 is 0 Å². The summed E-state index contributed by atoms with van der Waals surface area (Å²) < 4.78 is 75.6. The topological polar surface area (TPSA) is 45.2 Å². The number of anilines is 2. The minimum atomic E-state index is -4.55. The van der Waals surface area contributed by atoms with Crippen molar-refractivity contribution in [3.63, 3.8) is 0 Å². The molecule has 3 heterocycles. The van der Waals surface area contributed by atoms with Gasteiger partial charge < -0.3 is 9.80 Å². The Bertz CT molecular complexity index is 691. The van der Waals surface area contributed by atoms with E-state index in [9.17, 15) is 26.3 Å². The molecule has 1 aliphatic heterocycles. The van der Waals surface area contributed by atoms with Crippen LogP contribution in [0.15, 0.2) is 30.5 Å². The minimum absolute atomic E-state index is 0.324. The number of pyridine rings is 1. The fourth-order valence-corrected chi connectivity index (χ4v) is 2.76. The van der Waals surface area contributed by atoms with Crippen LogP contribution in [0.25, 0.3) is 0 Å². The van der Waals surface area contributed by atoms with Gasteiger partial charge in [0.2, 0.25) is 0 Å². The lowest BCUT2D eigenvalue weighted by molar-refractivity contribution is -0.141. The van der Waals surface area contributed by atoms with Crippen LogP contribution in [0.5, 0.6) is 0 Å². The van der Waals surface area contributed by atoms with Gasteiger partial charge >= 0.3 is 12.4 Å². The van der Waals surface area contributed by atoms with Gasteiger partial charge in [-0.1, -0.05) is 0 Å². The Balaban J connectivity index is 1.67. The summed E-state index contributed by atoms with van der Waals surface area (Å²) in [4.78, 5) is 7.50. The summed E-state index contributed by atoms with van der Waals surface area (Å²) in [5.74, 6) is 0.744. The summed E-state index contributed by atoms with van der Waals surface area (Å²) >= 11 is 0. The number of nitrogens with zero attached hydrogens (tertiary/aromatic N) is 5. The molecule has 0 amide bonds. The van der Waals surface area contributed by atoms with Gasteiger partial charge in [0.1, 0.15) is 5.82 Å². The monoisotopic (exact) mass is 391 g/mol. The van der Waals surface area contributed by atoms with E-state index in [0.717, 1.165) is 18.3 Å². The number of hydrogen-bond acceptors (Lipinski definition) is 5. The molecule has 0 saturated carbocycles. The van der Waals surface area contributed by atoms with E-state index in [2.05, 4.69) is 15.2 Å². The van der Waals surface area contributed by atoms with Crippen molar-refractivity contribution in [3.05, 3.63) is 41.7 Å². The van der Waals surface area contributed by atoms with Gasteiger partial charge in [-0.15, -0.1) is 10.2 Å². The van der Waals surface area contributed by atoms with Gasteiger partial charge in [-0.2, -0.15) is 26.3 Å². The Kier molecular flexibility index (Phi) is 5.11. The van der Waals surface area contributed by atoms with E-state index in [-0.39, 0.29) is 0 Å². The standard InChI is InChI=1S/C16H15F6N5/c17-15(18,19)11-2-4-13(23-10-11)26-6-1-7-27(9-8-26)14-5-3-12(24-25-14)16(20,21)22/h2-5,10H,1,6-9H2. The lowest BCUT2D eigenvalue weighted by Crippen LogP contribution is -2.31. The summed E-state index contributed by atoms with van der Waals surface area (Å²) in [5, 5.41) is 6.86. The van der Waals surface area contributed by atoms with Crippen molar-refractivity contribution in [2.75, 3.05) is 36.0 Å². The number of aromatic nitrogens is 3. The maximum absolute atomic E-state index is 12.6. The van der Waals surface area contributed by atoms with Crippen LogP contribution in [-0.4, -0.2) is 41.4 Å². The van der Waals surface area contributed by atoms with Crippen LogP contribution in [0.4, 0.5) is 38.0 Å². The Morgan fingerprint density at radius 1 is 0.704 bits per heavy atom. The zero-order chi connectivity index (χ0) is 19.7. The van der Waals surface area contributed by atoms with Crippen LogP contribution < -0.4 is 9.80 Å². The molecule has 2 aromatic heterocycles. The summed E-state index contributed by atoms with van der Waals surface area (Å²) in [7, 11) is 0. The Morgan fingerprint density at radius 2 is 1.33 bits per heavy atom. The molecule has 0 N–H and O–H groups in total. The van der Waals surface area contributed by atoms with Crippen molar-refractivity contribution in [2.24, 2.45) is 0 Å². The quantitative estimate of drug-likeness (QED) is 0.732. The molecule has 0 aromatic carbocycles. The first-order valence-corrected chi connectivity index (χ1v) is 8.09. The molecule has 1 saturated heterocycles. The van der Waals surface area contributed by atoms with Gasteiger partial charge in [0, 0.05) is 32.4 Å². The van der Waals surface area contributed by atoms with E-state index in [4.69, 9.17) is 0 Å². The van der Waals surface area contributed by atoms with Crippen LogP contribution in [0, 0.1) is 0 Å². The first-order chi connectivity index (χ1) is 12.6. The van der Waals surface area contributed by atoms with Crippen molar-refractivity contribution in [3.8, 4) is 0 Å². The molecule has 5 nitrogen and oxygen atoms in total. The number of hydrogen-bond donors (Lipinski definition) is 0.